The number of nitrogens with zero attached hydrogens (tertiary/aromatic N) is 4. The van der Waals surface area contributed by atoms with Crippen molar-refractivity contribution < 1.29 is 4.42 Å². The summed E-state index contributed by atoms with van der Waals surface area (Å²) in [6, 6.07) is 45.3. The van der Waals surface area contributed by atoms with Crippen molar-refractivity contribution in [3.8, 4) is 44.7 Å². The number of para-hydroxylation sites is 1. The Morgan fingerprint density at radius 2 is 1.05 bits per heavy atom. The maximum atomic E-state index is 6.18. The second-order valence-electron chi connectivity index (χ2n) is 10.7. The molecule has 0 unspecified atom stereocenters. The van der Waals surface area contributed by atoms with Crippen LogP contribution in [0.15, 0.2) is 138 Å². The molecular formula is C38H22N4OS. The van der Waals surface area contributed by atoms with Crippen LogP contribution in [0.5, 0.6) is 0 Å². The molecule has 0 aliphatic heterocycles. The molecule has 0 saturated carbocycles. The van der Waals surface area contributed by atoms with Gasteiger partial charge in [0.1, 0.15) is 16.2 Å². The SMILES string of the molecule is c1ccc(-c2nc(-c3ccc4c(ccc5nc(-c6ccccc6)sc54)c3)nc(-c3ccc4c(c3)oc3ccccc34)n2)cc1. The summed E-state index contributed by atoms with van der Waals surface area (Å²) in [6.07, 6.45) is 0. The Balaban J connectivity index is 1.19. The van der Waals surface area contributed by atoms with Crippen molar-refractivity contribution in [3.63, 3.8) is 0 Å². The minimum atomic E-state index is 0.599. The van der Waals surface area contributed by atoms with Crippen LogP contribution in [0.1, 0.15) is 0 Å². The van der Waals surface area contributed by atoms with Crippen LogP contribution in [0, 0.1) is 0 Å². The lowest BCUT2D eigenvalue weighted by atomic mass is 10.1. The number of aromatic nitrogens is 4. The predicted molar refractivity (Wildman–Crippen MR) is 180 cm³/mol. The standard InChI is InChI=1S/C38H22N4OS/c1-3-9-23(10-4-1)35-40-36(42-37(41-35)27-16-19-30-29-13-7-8-14-32(29)43-33(30)22-27)26-15-18-28-25(21-26)17-20-31-34(28)44-38(39-31)24-11-5-2-6-12-24/h1-22H. The minimum absolute atomic E-state index is 0.599. The topological polar surface area (TPSA) is 64.7 Å². The van der Waals surface area contributed by atoms with Crippen LogP contribution in [0.25, 0.3) is 87.7 Å². The molecule has 44 heavy (non-hydrogen) atoms. The predicted octanol–water partition coefficient (Wildman–Crippen LogP) is 10.2. The minimum Gasteiger partial charge on any atom is -0.456 e. The number of hydrogen-bond acceptors (Lipinski definition) is 6. The summed E-state index contributed by atoms with van der Waals surface area (Å²) in [5.74, 6) is 1.84. The Morgan fingerprint density at radius 1 is 0.432 bits per heavy atom. The molecule has 0 fully saturated rings. The molecule has 9 rings (SSSR count). The molecule has 0 atom stereocenters. The summed E-state index contributed by atoms with van der Waals surface area (Å²) < 4.78 is 7.36. The molecule has 0 bridgehead atoms. The number of rotatable bonds is 4. The van der Waals surface area contributed by atoms with Crippen molar-refractivity contribution in [1.82, 2.24) is 19.9 Å². The Kier molecular flexibility index (Phi) is 5.61. The molecule has 0 aliphatic rings. The van der Waals surface area contributed by atoms with E-state index < -0.39 is 0 Å². The molecule has 0 aliphatic carbocycles. The summed E-state index contributed by atoms with van der Waals surface area (Å²) >= 11 is 1.72. The number of hydrogen-bond donors (Lipinski definition) is 0. The van der Waals surface area contributed by atoms with Crippen LogP contribution in [-0.4, -0.2) is 19.9 Å². The highest BCUT2D eigenvalue weighted by atomic mass is 32.1. The van der Waals surface area contributed by atoms with Crippen LogP contribution in [0.2, 0.25) is 0 Å². The van der Waals surface area contributed by atoms with E-state index in [1.165, 1.54) is 10.1 Å². The first-order valence-corrected chi connectivity index (χ1v) is 15.2. The lowest BCUT2D eigenvalue weighted by Crippen LogP contribution is -2.00. The Bertz CT molecular complexity index is 2500. The summed E-state index contributed by atoms with van der Waals surface area (Å²) in [5.41, 5.74) is 6.54. The van der Waals surface area contributed by atoms with E-state index in [4.69, 9.17) is 24.4 Å². The molecule has 206 valence electrons. The number of thiazole rings is 1. The fourth-order valence-electron chi connectivity index (χ4n) is 5.77. The quantitative estimate of drug-likeness (QED) is 0.207. The molecule has 0 radical (unpaired) electrons. The van der Waals surface area contributed by atoms with Gasteiger partial charge in [0.2, 0.25) is 0 Å². The normalized spacial score (nSPS) is 11.6. The van der Waals surface area contributed by atoms with Crippen molar-refractivity contribution in [2.24, 2.45) is 0 Å². The highest BCUT2D eigenvalue weighted by molar-refractivity contribution is 7.22. The highest BCUT2D eigenvalue weighted by Gasteiger charge is 2.16. The zero-order chi connectivity index (χ0) is 29.0. The number of benzene rings is 6. The Morgan fingerprint density at radius 3 is 1.82 bits per heavy atom. The Hall–Kier alpha value is -5.72. The molecule has 0 amide bonds. The maximum Gasteiger partial charge on any atom is 0.164 e. The van der Waals surface area contributed by atoms with Crippen molar-refractivity contribution in [2.75, 3.05) is 0 Å². The van der Waals surface area contributed by atoms with E-state index in [-0.39, 0.29) is 0 Å². The van der Waals surface area contributed by atoms with Gasteiger partial charge in [0, 0.05) is 38.4 Å². The monoisotopic (exact) mass is 582 g/mol. The number of fused-ring (bicyclic) bond motifs is 6. The average molecular weight is 583 g/mol. The van der Waals surface area contributed by atoms with Gasteiger partial charge in [0.05, 0.1) is 10.2 Å². The first-order chi connectivity index (χ1) is 21.8. The fraction of sp³-hybridized carbons (Fsp3) is 0. The molecule has 0 saturated heterocycles. The average Bonchev–Trinajstić information content (AvgIpc) is 3.70. The highest BCUT2D eigenvalue weighted by Crippen LogP contribution is 2.37. The molecule has 6 heteroatoms. The molecule has 3 aromatic heterocycles. The zero-order valence-corrected chi connectivity index (χ0v) is 24.1. The molecule has 3 heterocycles. The number of furan rings is 1. The second kappa shape index (κ2) is 9.93. The van der Waals surface area contributed by atoms with Gasteiger partial charge in [-0.05, 0) is 35.7 Å². The first-order valence-electron chi connectivity index (χ1n) is 14.4. The van der Waals surface area contributed by atoms with E-state index >= 15 is 0 Å². The van der Waals surface area contributed by atoms with Crippen molar-refractivity contribution in [2.45, 2.75) is 0 Å². The molecule has 5 nitrogen and oxygen atoms in total. The van der Waals surface area contributed by atoms with E-state index in [1.54, 1.807) is 11.3 Å². The summed E-state index contributed by atoms with van der Waals surface area (Å²) in [4.78, 5) is 19.8. The summed E-state index contributed by atoms with van der Waals surface area (Å²) in [5, 5.41) is 5.47. The summed E-state index contributed by atoms with van der Waals surface area (Å²) in [7, 11) is 0. The van der Waals surface area contributed by atoms with E-state index in [0.717, 1.165) is 60.1 Å². The lowest BCUT2D eigenvalue weighted by molar-refractivity contribution is 0.669. The van der Waals surface area contributed by atoms with E-state index in [2.05, 4.69) is 60.7 Å². The van der Waals surface area contributed by atoms with Crippen LogP contribution in [0.3, 0.4) is 0 Å². The molecule has 9 aromatic rings. The first kappa shape index (κ1) is 24.8. The Labute approximate surface area is 256 Å². The van der Waals surface area contributed by atoms with E-state index in [1.807, 2.05) is 72.8 Å². The van der Waals surface area contributed by atoms with Gasteiger partial charge in [-0.1, -0.05) is 103 Å². The van der Waals surface area contributed by atoms with Crippen molar-refractivity contribution in [3.05, 3.63) is 133 Å². The fourth-order valence-corrected chi connectivity index (χ4v) is 6.88. The summed E-state index contributed by atoms with van der Waals surface area (Å²) in [6.45, 7) is 0. The van der Waals surface area contributed by atoms with Crippen molar-refractivity contribution >= 4 is 54.3 Å². The van der Waals surface area contributed by atoms with E-state index in [9.17, 15) is 0 Å². The van der Waals surface area contributed by atoms with Crippen LogP contribution in [-0.2, 0) is 0 Å². The molecular weight excluding hydrogens is 561 g/mol. The molecule has 6 aromatic carbocycles. The molecule has 0 N–H and O–H groups in total. The third kappa shape index (κ3) is 4.15. The van der Waals surface area contributed by atoms with Gasteiger partial charge in [-0.25, -0.2) is 19.9 Å². The van der Waals surface area contributed by atoms with Crippen LogP contribution in [0.4, 0.5) is 0 Å². The van der Waals surface area contributed by atoms with E-state index in [0.29, 0.717) is 17.5 Å². The zero-order valence-electron chi connectivity index (χ0n) is 23.3. The van der Waals surface area contributed by atoms with Gasteiger partial charge in [-0.2, -0.15) is 0 Å². The second-order valence-corrected chi connectivity index (χ2v) is 11.7. The third-order valence-corrected chi connectivity index (χ3v) is 9.11. The third-order valence-electron chi connectivity index (χ3n) is 7.95. The van der Waals surface area contributed by atoms with Gasteiger partial charge < -0.3 is 4.42 Å². The smallest absolute Gasteiger partial charge is 0.164 e. The largest absolute Gasteiger partial charge is 0.456 e. The lowest BCUT2D eigenvalue weighted by Gasteiger charge is -2.09. The van der Waals surface area contributed by atoms with Gasteiger partial charge in [-0.3, -0.25) is 0 Å². The van der Waals surface area contributed by atoms with Gasteiger partial charge in [0.25, 0.3) is 0 Å². The van der Waals surface area contributed by atoms with Crippen molar-refractivity contribution in [1.29, 1.82) is 0 Å². The van der Waals surface area contributed by atoms with Crippen LogP contribution >= 0.6 is 11.3 Å². The molecule has 0 spiro atoms. The van der Waals surface area contributed by atoms with Gasteiger partial charge in [-0.15, -0.1) is 11.3 Å². The van der Waals surface area contributed by atoms with Gasteiger partial charge in [0.15, 0.2) is 17.5 Å². The van der Waals surface area contributed by atoms with Crippen LogP contribution < -0.4 is 0 Å². The van der Waals surface area contributed by atoms with Gasteiger partial charge >= 0.3 is 0 Å². The maximum absolute atomic E-state index is 6.18.